The van der Waals surface area contributed by atoms with E-state index in [2.05, 4.69) is 21.6 Å². The summed E-state index contributed by atoms with van der Waals surface area (Å²) in [6.07, 6.45) is 4.26. The molecule has 0 saturated carbocycles. The SMILES string of the molecule is O=C1CCC(N2Cc3cccc(CN4CCC45CCNCC5)c3C2=O)C(=O)N1. The Morgan fingerprint density at radius 2 is 1.93 bits per heavy atom. The van der Waals surface area contributed by atoms with Crippen molar-refractivity contribution >= 4 is 17.7 Å². The maximum absolute atomic E-state index is 13.2. The van der Waals surface area contributed by atoms with E-state index in [1.807, 2.05) is 12.1 Å². The molecule has 0 aliphatic carbocycles. The van der Waals surface area contributed by atoms with Crippen molar-refractivity contribution in [1.29, 1.82) is 0 Å². The quantitative estimate of drug-likeness (QED) is 0.755. The molecule has 0 aromatic heterocycles. The molecule has 0 bridgehead atoms. The maximum Gasteiger partial charge on any atom is 0.255 e. The number of carbonyl (C=O) groups excluding carboxylic acids is 3. The van der Waals surface area contributed by atoms with Crippen LogP contribution in [0.5, 0.6) is 0 Å². The summed E-state index contributed by atoms with van der Waals surface area (Å²) in [4.78, 5) is 41.1. The summed E-state index contributed by atoms with van der Waals surface area (Å²) in [6.45, 7) is 4.44. The maximum atomic E-state index is 13.2. The van der Waals surface area contributed by atoms with Gasteiger partial charge in [-0.3, -0.25) is 24.6 Å². The van der Waals surface area contributed by atoms with Gasteiger partial charge in [0.25, 0.3) is 5.91 Å². The highest BCUT2D eigenvalue weighted by atomic mass is 16.2. The molecule has 3 amide bonds. The lowest BCUT2D eigenvalue weighted by Crippen LogP contribution is -2.63. The van der Waals surface area contributed by atoms with Crippen LogP contribution in [0, 0.1) is 0 Å². The summed E-state index contributed by atoms with van der Waals surface area (Å²) in [5.74, 6) is -0.675. The number of rotatable bonds is 3. The number of benzene rings is 1. The monoisotopic (exact) mass is 382 g/mol. The Morgan fingerprint density at radius 1 is 1.11 bits per heavy atom. The molecular formula is C21H26N4O3. The van der Waals surface area contributed by atoms with Crippen LogP contribution >= 0.6 is 0 Å². The summed E-state index contributed by atoms with van der Waals surface area (Å²) in [6, 6.07) is 5.51. The van der Waals surface area contributed by atoms with Crippen LogP contribution in [0.4, 0.5) is 0 Å². The van der Waals surface area contributed by atoms with Gasteiger partial charge in [-0.25, -0.2) is 0 Å². The molecule has 3 saturated heterocycles. The number of piperidine rings is 2. The molecule has 5 rings (SSSR count). The van der Waals surface area contributed by atoms with Crippen molar-refractivity contribution in [3.8, 4) is 0 Å². The van der Waals surface area contributed by atoms with Gasteiger partial charge in [0, 0.05) is 37.2 Å². The molecule has 4 aliphatic heterocycles. The smallest absolute Gasteiger partial charge is 0.255 e. The lowest BCUT2D eigenvalue weighted by Gasteiger charge is -2.55. The Labute approximate surface area is 164 Å². The molecular weight excluding hydrogens is 356 g/mol. The number of likely N-dealkylation sites (tertiary alicyclic amines) is 1. The van der Waals surface area contributed by atoms with Crippen LogP contribution in [-0.4, -0.2) is 58.7 Å². The number of nitrogens with one attached hydrogen (secondary N) is 2. The number of hydrogen-bond acceptors (Lipinski definition) is 5. The van der Waals surface area contributed by atoms with Crippen LogP contribution in [0.3, 0.4) is 0 Å². The van der Waals surface area contributed by atoms with Crippen LogP contribution < -0.4 is 10.6 Å². The zero-order chi connectivity index (χ0) is 19.3. The van der Waals surface area contributed by atoms with Crippen molar-refractivity contribution in [1.82, 2.24) is 20.4 Å². The van der Waals surface area contributed by atoms with Gasteiger partial charge in [0.15, 0.2) is 0 Å². The van der Waals surface area contributed by atoms with Crippen molar-refractivity contribution in [3.63, 3.8) is 0 Å². The lowest BCUT2D eigenvalue weighted by molar-refractivity contribution is -0.136. The van der Waals surface area contributed by atoms with Crippen LogP contribution in [0.2, 0.25) is 0 Å². The van der Waals surface area contributed by atoms with Crippen molar-refractivity contribution in [3.05, 3.63) is 34.9 Å². The molecule has 3 fully saturated rings. The van der Waals surface area contributed by atoms with Gasteiger partial charge in [-0.1, -0.05) is 18.2 Å². The van der Waals surface area contributed by atoms with E-state index in [9.17, 15) is 14.4 Å². The number of nitrogens with zero attached hydrogens (tertiary/aromatic N) is 2. The Hall–Kier alpha value is -2.25. The Bertz CT molecular complexity index is 846. The van der Waals surface area contributed by atoms with Crippen LogP contribution in [0.25, 0.3) is 0 Å². The van der Waals surface area contributed by atoms with Crippen LogP contribution in [0.15, 0.2) is 18.2 Å². The third-order valence-electron chi connectivity index (χ3n) is 7.05. The van der Waals surface area contributed by atoms with Gasteiger partial charge in [0.05, 0.1) is 0 Å². The fourth-order valence-corrected chi connectivity index (χ4v) is 5.32. The van der Waals surface area contributed by atoms with E-state index in [1.54, 1.807) is 4.90 Å². The highest BCUT2D eigenvalue weighted by Crippen LogP contribution is 2.40. The average molecular weight is 382 g/mol. The van der Waals surface area contributed by atoms with E-state index in [4.69, 9.17) is 0 Å². The minimum absolute atomic E-state index is 0.0695. The third kappa shape index (κ3) is 2.76. The molecule has 28 heavy (non-hydrogen) atoms. The summed E-state index contributed by atoms with van der Waals surface area (Å²) in [5, 5.41) is 5.81. The van der Waals surface area contributed by atoms with Crippen molar-refractivity contribution in [2.75, 3.05) is 19.6 Å². The number of fused-ring (bicyclic) bond motifs is 1. The van der Waals surface area contributed by atoms with Crippen LogP contribution in [0.1, 0.15) is 53.6 Å². The molecule has 2 N–H and O–H groups in total. The number of amides is 3. The van der Waals surface area contributed by atoms with E-state index >= 15 is 0 Å². The molecule has 7 nitrogen and oxygen atoms in total. The molecule has 7 heteroatoms. The second-order valence-electron chi connectivity index (χ2n) is 8.50. The van der Waals surface area contributed by atoms with Crippen molar-refractivity contribution in [2.45, 2.75) is 56.8 Å². The highest BCUT2D eigenvalue weighted by molar-refractivity contribution is 6.06. The van der Waals surface area contributed by atoms with E-state index in [0.717, 1.165) is 42.9 Å². The zero-order valence-electron chi connectivity index (χ0n) is 16.0. The Kier molecular flexibility index (Phi) is 4.25. The first-order chi connectivity index (χ1) is 13.6. The van der Waals surface area contributed by atoms with Gasteiger partial charge < -0.3 is 10.2 Å². The molecule has 1 atom stereocenters. The number of imide groups is 1. The van der Waals surface area contributed by atoms with Gasteiger partial charge in [-0.2, -0.15) is 0 Å². The van der Waals surface area contributed by atoms with E-state index in [-0.39, 0.29) is 24.1 Å². The van der Waals surface area contributed by atoms with Crippen LogP contribution in [-0.2, 0) is 22.7 Å². The number of hydrogen-bond donors (Lipinski definition) is 2. The summed E-state index contributed by atoms with van der Waals surface area (Å²) in [5.41, 5.74) is 3.11. The lowest BCUT2D eigenvalue weighted by atomic mass is 9.76. The molecule has 1 spiro atoms. The fraction of sp³-hybridized carbons (Fsp3) is 0.571. The normalized spacial score (nSPS) is 26.9. The van der Waals surface area contributed by atoms with Gasteiger partial charge in [0.1, 0.15) is 6.04 Å². The first-order valence-electron chi connectivity index (χ1n) is 10.3. The molecule has 148 valence electrons. The first kappa shape index (κ1) is 17.8. The molecule has 4 heterocycles. The van der Waals surface area contributed by atoms with Crippen molar-refractivity contribution < 1.29 is 14.4 Å². The summed E-state index contributed by atoms with van der Waals surface area (Å²) < 4.78 is 0. The molecule has 1 aromatic carbocycles. The second kappa shape index (κ2) is 6.67. The highest BCUT2D eigenvalue weighted by Gasteiger charge is 2.46. The van der Waals surface area contributed by atoms with Gasteiger partial charge in [0.2, 0.25) is 11.8 Å². The first-order valence-corrected chi connectivity index (χ1v) is 10.3. The van der Waals surface area contributed by atoms with E-state index in [0.29, 0.717) is 18.5 Å². The largest absolute Gasteiger partial charge is 0.322 e. The van der Waals surface area contributed by atoms with E-state index in [1.165, 1.54) is 19.3 Å². The zero-order valence-corrected chi connectivity index (χ0v) is 16.0. The Balaban J connectivity index is 1.37. The minimum Gasteiger partial charge on any atom is -0.322 e. The molecule has 1 unspecified atom stereocenters. The Morgan fingerprint density at radius 3 is 2.64 bits per heavy atom. The molecule has 1 aromatic rings. The number of carbonyl (C=O) groups is 3. The predicted octanol–water partition coefficient (Wildman–Crippen LogP) is 0.776. The van der Waals surface area contributed by atoms with Gasteiger partial charge >= 0.3 is 0 Å². The predicted molar refractivity (Wildman–Crippen MR) is 102 cm³/mol. The fourth-order valence-electron chi connectivity index (χ4n) is 5.32. The molecule has 4 aliphatic rings. The average Bonchev–Trinajstić information content (AvgIpc) is 3.03. The standard InChI is InChI=1S/C21H26N4O3/c26-17-5-4-16(19(27)23-17)25-13-15-3-1-2-14(18(15)20(25)28)12-24-11-8-21(24)6-9-22-10-7-21/h1-3,16,22H,4-13H2,(H,23,26,27). The van der Waals surface area contributed by atoms with Crippen molar-refractivity contribution in [2.24, 2.45) is 0 Å². The van der Waals surface area contributed by atoms with Gasteiger partial charge in [-0.15, -0.1) is 0 Å². The van der Waals surface area contributed by atoms with Gasteiger partial charge in [-0.05, 0) is 49.9 Å². The van der Waals surface area contributed by atoms with E-state index < -0.39 is 6.04 Å². The third-order valence-corrected chi connectivity index (χ3v) is 7.05. The topological polar surface area (TPSA) is 81.8 Å². The minimum atomic E-state index is -0.551. The second-order valence-corrected chi connectivity index (χ2v) is 8.50. The summed E-state index contributed by atoms with van der Waals surface area (Å²) in [7, 11) is 0. The molecule has 0 radical (unpaired) electrons. The summed E-state index contributed by atoms with van der Waals surface area (Å²) >= 11 is 0.